The molecular weight excluding hydrogens is 172 g/mol. The van der Waals surface area contributed by atoms with E-state index < -0.39 is 18.9 Å². The van der Waals surface area contributed by atoms with Crippen LogP contribution in [0.3, 0.4) is 0 Å². The SMILES string of the molecule is CC(F)(F)OC(=O)OC(F)F. The van der Waals surface area contributed by atoms with Gasteiger partial charge >= 0.3 is 18.9 Å². The van der Waals surface area contributed by atoms with Gasteiger partial charge in [0.05, 0.1) is 0 Å². The molecule has 0 amide bonds. The number of hydrogen-bond acceptors (Lipinski definition) is 3. The van der Waals surface area contributed by atoms with Crippen LogP contribution in [0, 0.1) is 0 Å². The van der Waals surface area contributed by atoms with Gasteiger partial charge in [0.2, 0.25) is 0 Å². The number of rotatable bonds is 2. The first-order chi connectivity index (χ1) is 4.81. The molecule has 0 heterocycles. The molecule has 0 aliphatic heterocycles. The average molecular weight is 176 g/mol. The van der Waals surface area contributed by atoms with E-state index in [0.717, 1.165) is 0 Å². The van der Waals surface area contributed by atoms with E-state index in [1.165, 1.54) is 0 Å². The molecule has 11 heavy (non-hydrogen) atoms. The summed E-state index contributed by atoms with van der Waals surface area (Å²) in [6.45, 7) is -3.23. The highest BCUT2D eigenvalue weighted by molar-refractivity contribution is 5.60. The van der Waals surface area contributed by atoms with Gasteiger partial charge in [0.25, 0.3) is 0 Å². The molecule has 0 aliphatic rings. The van der Waals surface area contributed by atoms with E-state index in [1.54, 1.807) is 0 Å². The van der Waals surface area contributed by atoms with Crippen molar-refractivity contribution in [3.63, 3.8) is 0 Å². The van der Waals surface area contributed by atoms with Gasteiger partial charge in [-0.2, -0.15) is 17.6 Å². The third-order valence-corrected chi connectivity index (χ3v) is 0.448. The fourth-order valence-corrected chi connectivity index (χ4v) is 0.243. The second kappa shape index (κ2) is 3.40. The van der Waals surface area contributed by atoms with Crippen molar-refractivity contribution in [2.24, 2.45) is 0 Å². The summed E-state index contributed by atoms with van der Waals surface area (Å²) in [7, 11) is 0. The highest BCUT2D eigenvalue weighted by atomic mass is 19.3. The minimum Gasteiger partial charge on any atom is -0.370 e. The maximum atomic E-state index is 11.7. The maximum absolute atomic E-state index is 11.7. The lowest BCUT2D eigenvalue weighted by Gasteiger charge is -2.09. The summed E-state index contributed by atoms with van der Waals surface area (Å²) in [6.07, 6.45) is -5.90. The number of ether oxygens (including phenoxy) is 2. The van der Waals surface area contributed by atoms with Crippen LogP contribution in [-0.2, 0) is 9.47 Å². The molecule has 7 heteroatoms. The first-order valence-corrected chi connectivity index (χ1v) is 2.37. The molecule has 0 N–H and O–H groups in total. The standard InChI is InChI=1S/C4H4F4O3/c1-4(7,8)11-3(9)10-2(5)6/h2H,1H3. The van der Waals surface area contributed by atoms with Crippen molar-refractivity contribution >= 4 is 6.16 Å². The van der Waals surface area contributed by atoms with Gasteiger partial charge in [0.1, 0.15) is 0 Å². The molecule has 66 valence electrons. The second-order valence-electron chi connectivity index (χ2n) is 1.54. The summed E-state index contributed by atoms with van der Waals surface area (Å²) in [4.78, 5) is 9.86. The monoisotopic (exact) mass is 176 g/mol. The Morgan fingerprint density at radius 1 is 1.45 bits per heavy atom. The number of alkyl halides is 4. The van der Waals surface area contributed by atoms with Crippen molar-refractivity contribution in [1.29, 1.82) is 0 Å². The van der Waals surface area contributed by atoms with Gasteiger partial charge in [0, 0.05) is 6.92 Å². The van der Waals surface area contributed by atoms with Crippen molar-refractivity contribution in [2.45, 2.75) is 19.6 Å². The van der Waals surface area contributed by atoms with Crippen LogP contribution in [0.15, 0.2) is 0 Å². The lowest BCUT2D eigenvalue weighted by molar-refractivity contribution is -0.213. The Balaban J connectivity index is 3.71. The minimum atomic E-state index is -3.80. The Labute approximate surface area is 58.9 Å². The van der Waals surface area contributed by atoms with Crippen LogP contribution in [0.1, 0.15) is 6.92 Å². The van der Waals surface area contributed by atoms with Crippen molar-refractivity contribution in [3.8, 4) is 0 Å². The Kier molecular flexibility index (Phi) is 3.09. The number of carbonyl (C=O) groups is 1. The fraction of sp³-hybridized carbons (Fsp3) is 0.750. The predicted molar refractivity (Wildman–Crippen MR) is 24.2 cm³/mol. The van der Waals surface area contributed by atoms with E-state index >= 15 is 0 Å². The van der Waals surface area contributed by atoms with Crippen molar-refractivity contribution in [1.82, 2.24) is 0 Å². The van der Waals surface area contributed by atoms with E-state index in [-0.39, 0.29) is 6.92 Å². The molecule has 0 aromatic heterocycles. The first-order valence-electron chi connectivity index (χ1n) is 2.37. The largest absolute Gasteiger partial charge is 0.517 e. The zero-order chi connectivity index (χ0) is 9.07. The van der Waals surface area contributed by atoms with Gasteiger partial charge < -0.3 is 9.47 Å². The molecule has 0 rings (SSSR count). The number of hydrogen-bond donors (Lipinski definition) is 0. The van der Waals surface area contributed by atoms with Crippen LogP contribution in [-0.4, -0.2) is 18.9 Å². The lowest BCUT2D eigenvalue weighted by atomic mass is 10.7. The normalized spacial score (nSPS) is 11.5. The fourth-order valence-electron chi connectivity index (χ4n) is 0.243. The molecule has 0 aromatic rings. The molecule has 0 fully saturated rings. The van der Waals surface area contributed by atoms with E-state index in [4.69, 9.17) is 0 Å². The highest BCUT2D eigenvalue weighted by Crippen LogP contribution is 2.14. The molecule has 0 saturated carbocycles. The molecule has 0 aliphatic carbocycles. The summed E-state index contributed by atoms with van der Waals surface area (Å²) in [5.74, 6) is 0. The van der Waals surface area contributed by atoms with Gasteiger partial charge in [-0.1, -0.05) is 0 Å². The Bertz CT molecular complexity index is 141. The van der Waals surface area contributed by atoms with Crippen LogP contribution >= 0.6 is 0 Å². The molecule has 0 spiro atoms. The summed E-state index contributed by atoms with van der Waals surface area (Å²) < 4.78 is 51.5. The summed E-state index contributed by atoms with van der Waals surface area (Å²) in [6, 6.07) is 0. The smallest absolute Gasteiger partial charge is 0.370 e. The van der Waals surface area contributed by atoms with Gasteiger partial charge in [-0.3, -0.25) is 0 Å². The molecule has 0 aromatic carbocycles. The minimum absolute atomic E-state index is 0.222. The zero-order valence-electron chi connectivity index (χ0n) is 5.31. The molecule has 0 saturated heterocycles. The molecule has 0 bridgehead atoms. The van der Waals surface area contributed by atoms with Gasteiger partial charge in [0.15, 0.2) is 0 Å². The van der Waals surface area contributed by atoms with Crippen LogP contribution in [0.4, 0.5) is 22.4 Å². The third kappa shape index (κ3) is 6.88. The Hall–Kier alpha value is -1.01. The van der Waals surface area contributed by atoms with Crippen LogP contribution < -0.4 is 0 Å². The quantitative estimate of drug-likeness (QED) is 0.476. The molecule has 3 nitrogen and oxygen atoms in total. The van der Waals surface area contributed by atoms with E-state index in [1.807, 2.05) is 0 Å². The summed E-state index contributed by atoms with van der Waals surface area (Å²) in [5.41, 5.74) is 0. The topological polar surface area (TPSA) is 35.5 Å². The first kappa shape index (κ1) is 9.99. The second-order valence-corrected chi connectivity index (χ2v) is 1.54. The van der Waals surface area contributed by atoms with Crippen LogP contribution in [0.5, 0.6) is 0 Å². The molecule has 0 radical (unpaired) electrons. The van der Waals surface area contributed by atoms with Crippen molar-refractivity contribution < 1.29 is 31.8 Å². The van der Waals surface area contributed by atoms with Gasteiger partial charge in [-0.25, -0.2) is 4.79 Å². The predicted octanol–water partition coefficient (Wildman–Crippen LogP) is 1.97. The number of halogens is 4. The molecule has 0 atom stereocenters. The number of carbonyl (C=O) groups excluding carboxylic acids is 1. The van der Waals surface area contributed by atoms with Gasteiger partial charge in [-0.15, -0.1) is 0 Å². The zero-order valence-corrected chi connectivity index (χ0v) is 5.31. The van der Waals surface area contributed by atoms with Crippen LogP contribution in [0.25, 0.3) is 0 Å². The maximum Gasteiger partial charge on any atom is 0.517 e. The van der Waals surface area contributed by atoms with Crippen molar-refractivity contribution in [2.75, 3.05) is 0 Å². The van der Waals surface area contributed by atoms with E-state index in [0.29, 0.717) is 0 Å². The van der Waals surface area contributed by atoms with Crippen molar-refractivity contribution in [3.05, 3.63) is 0 Å². The highest BCUT2D eigenvalue weighted by Gasteiger charge is 2.28. The van der Waals surface area contributed by atoms with Gasteiger partial charge in [-0.05, 0) is 0 Å². The molecule has 0 unspecified atom stereocenters. The summed E-state index contributed by atoms with van der Waals surface area (Å²) in [5, 5.41) is 0. The average Bonchev–Trinajstić information content (AvgIpc) is 1.53. The Morgan fingerprint density at radius 2 is 1.91 bits per heavy atom. The van der Waals surface area contributed by atoms with E-state index in [2.05, 4.69) is 9.47 Å². The molecular formula is C4H4F4O3. The summed E-state index contributed by atoms with van der Waals surface area (Å²) >= 11 is 0. The third-order valence-electron chi connectivity index (χ3n) is 0.448. The van der Waals surface area contributed by atoms with Crippen LogP contribution in [0.2, 0.25) is 0 Å². The Morgan fingerprint density at radius 3 is 2.18 bits per heavy atom. The van der Waals surface area contributed by atoms with E-state index in [9.17, 15) is 22.4 Å². The lowest BCUT2D eigenvalue weighted by Crippen LogP contribution is -2.22.